The predicted octanol–water partition coefficient (Wildman–Crippen LogP) is 4.63. The number of aryl methyl sites for hydroxylation is 2. The van der Waals surface area contributed by atoms with Crippen molar-refractivity contribution < 1.29 is 9.18 Å². The Morgan fingerprint density at radius 1 is 1.03 bits per heavy atom. The van der Waals surface area contributed by atoms with Crippen LogP contribution in [0.1, 0.15) is 65.5 Å². The third-order valence-corrected chi connectivity index (χ3v) is 6.45. The van der Waals surface area contributed by atoms with Crippen molar-refractivity contribution in [3.8, 4) is 0 Å². The first-order valence-corrected chi connectivity index (χ1v) is 11.7. The van der Waals surface area contributed by atoms with Gasteiger partial charge in [-0.25, -0.2) is 14.4 Å². The van der Waals surface area contributed by atoms with Crippen LogP contribution in [0.4, 0.5) is 4.39 Å². The first-order chi connectivity index (χ1) is 15.9. The molecule has 2 N–H and O–H groups in total. The van der Waals surface area contributed by atoms with Crippen molar-refractivity contribution in [3.63, 3.8) is 0 Å². The summed E-state index contributed by atoms with van der Waals surface area (Å²) in [5, 5.41) is 0. The highest BCUT2D eigenvalue weighted by molar-refractivity contribution is 5.97. The molecule has 6 nitrogen and oxygen atoms in total. The fraction of sp³-hybridized carbons (Fsp3) is 0.423. The summed E-state index contributed by atoms with van der Waals surface area (Å²) in [5.41, 5.74) is 11.6. The molecule has 174 valence electrons. The van der Waals surface area contributed by atoms with Crippen LogP contribution in [-0.2, 0) is 0 Å². The number of hydrogen-bond donors (Lipinski definition) is 2. The molecule has 2 heterocycles. The van der Waals surface area contributed by atoms with E-state index in [-0.39, 0.29) is 17.8 Å². The Bertz CT molecular complexity index is 1130. The molecule has 2 aromatic carbocycles. The van der Waals surface area contributed by atoms with Gasteiger partial charge in [0.2, 0.25) is 0 Å². The Kier molecular flexibility index (Phi) is 7.30. The molecule has 33 heavy (non-hydrogen) atoms. The number of halogens is 1. The Labute approximate surface area is 194 Å². The normalized spacial score (nSPS) is 18.1. The molecule has 0 spiro atoms. The molecule has 1 amide bonds. The highest BCUT2D eigenvalue weighted by atomic mass is 19.1. The number of hydrogen-bond acceptors (Lipinski definition) is 5. The smallest absolute Gasteiger partial charge is 0.253 e. The minimum Gasteiger partial charge on any atom is -0.342 e. The van der Waals surface area contributed by atoms with E-state index in [1.54, 1.807) is 17.0 Å². The third-order valence-electron chi connectivity index (χ3n) is 6.45. The van der Waals surface area contributed by atoms with Crippen LogP contribution in [0.25, 0.3) is 11.0 Å². The number of carbonyl (C=O) groups is 1. The lowest BCUT2D eigenvalue weighted by Gasteiger charge is -2.17. The van der Waals surface area contributed by atoms with E-state index >= 15 is 0 Å². The summed E-state index contributed by atoms with van der Waals surface area (Å²) < 4.78 is 13.5. The van der Waals surface area contributed by atoms with Crippen molar-refractivity contribution in [1.29, 1.82) is 0 Å². The minimum absolute atomic E-state index is 0.0107. The maximum atomic E-state index is 13.5. The first kappa shape index (κ1) is 23.3. The minimum atomic E-state index is -0.196. The molecular formula is C26H32FN5O. The summed E-state index contributed by atoms with van der Waals surface area (Å²) >= 11 is 0. The highest BCUT2D eigenvalue weighted by Crippen LogP contribution is 2.25. The number of nitrogens with one attached hydrogen (secondary N) is 2. The molecule has 1 saturated heterocycles. The van der Waals surface area contributed by atoms with Gasteiger partial charge in [-0.3, -0.25) is 15.6 Å². The topological polar surface area (TPSA) is 70.2 Å². The third kappa shape index (κ3) is 5.72. The molecule has 0 saturated carbocycles. The van der Waals surface area contributed by atoms with E-state index in [9.17, 15) is 9.18 Å². The van der Waals surface area contributed by atoms with Crippen LogP contribution < -0.4 is 10.9 Å². The zero-order chi connectivity index (χ0) is 23.4. The number of benzene rings is 2. The van der Waals surface area contributed by atoms with Crippen LogP contribution in [0.3, 0.4) is 0 Å². The molecule has 1 aliphatic rings. The summed E-state index contributed by atoms with van der Waals surface area (Å²) in [6.45, 7) is 4.59. The van der Waals surface area contributed by atoms with Crippen molar-refractivity contribution in [2.24, 2.45) is 0 Å². The van der Waals surface area contributed by atoms with E-state index < -0.39 is 0 Å². The Hall–Kier alpha value is -2.90. The quantitative estimate of drug-likeness (QED) is 0.491. The molecule has 0 aliphatic carbocycles. The van der Waals surface area contributed by atoms with Gasteiger partial charge in [-0.05, 0) is 69.0 Å². The van der Waals surface area contributed by atoms with Crippen LogP contribution in [0, 0.1) is 19.7 Å². The molecule has 1 aliphatic heterocycles. The lowest BCUT2D eigenvalue weighted by Crippen LogP contribution is -2.31. The lowest BCUT2D eigenvalue weighted by molar-refractivity contribution is 0.0792. The molecule has 1 fully saturated rings. The van der Waals surface area contributed by atoms with Gasteiger partial charge in [0.15, 0.2) is 0 Å². The zero-order valence-corrected chi connectivity index (χ0v) is 19.6. The van der Waals surface area contributed by atoms with Crippen molar-refractivity contribution in [2.75, 3.05) is 13.6 Å². The Morgan fingerprint density at radius 3 is 2.61 bits per heavy atom. The Balaban J connectivity index is 1.20. The first-order valence-electron chi connectivity index (χ1n) is 11.7. The molecule has 7 heteroatoms. The van der Waals surface area contributed by atoms with Gasteiger partial charge in [0.25, 0.3) is 5.91 Å². The monoisotopic (exact) mass is 449 g/mol. The number of rotatable bonds is 8. The Morgan fingerprint density at radius 2 is 1.82 bits per heavy atom. The number of fused-ring (bicyclic) bond motifs is 1. The van der Waals surface area contributed by atoms with Gasteiger partial charge in [-0.15, -0.1) is 0 Å². The standard InChI is InChI=1S/C26H32FN5O/c1-17-18(2)29-25-15-20(11-12-23(25)28-17)26(33)32(3)13-6-4-5-10-22-16-24(31-30-22)19-8-7-9-21(27)14-19/h7-9,11-12,14-15,22,24,30-31H,4-6,10,13,16H2,1-3H3. The summed E-state index contributed by atoms with van der Waals surface area (Å²) in [4.78, 5) is 23.7. The van der Waals surface area contributed by atoms with Gasteiger partial charge in [0.05, 0.1) is 22.4 Å². The van der Waals surface area contributed by atoms with E-state index in [0.29, 0.717) is 11.6 Å². The molecular weight excluding hydrogens is 417 g/mol. The average Bonchev–Trinajstić information content (AvgIpc) is 3.28. The summed E-state index contributed by atoms with van der Waals surface area (Å²) in [5.74, 6) is -0.185. The summed E-state index contributed by atoms with van der Waals surface area (Å²) in [7, 11) is 1.85. The lowest BCUT2D eigenvalue weighted by atomic mass is 9.99. The molecule has 1 aromatic heterocycles. The van der Waals surface area contributed by atoms with Crippen molar-refractivity contribution in [2.45, 2.75) is 58.0 Å². The SMILES string of the molecule is Cc1nc2ccc(C(=O)N(C)CCCCCC3CC(c4cccc(F)c4)NN3)cc2nc1C. The second-order valence-corrected chi connectivity index (χ2v) is 9.00. The van der Waals surface area contributed by atoms with Gasteiger partial charge >= 0.3 is 0 Å². The van der Waals surface area contributed by atoms with Crippen LogP contribution in [0.2, 0.25) is 0 Å². The second kappa shape index (κ2) is 10.4. The van der Waals surface area contributed by atoms with E-state index in [4.69, 9.17) is 0 Å². The summed E-state index contributed by atoms with van der Waals surface area (Å²) in [6, 6.07) is 12.8. The molecule has 4 rings (SSSR count). The van der Waals surface area contributed by atoms with Crippen molar-refractivity contribution >= 4 is 16.9 Å². The largest absolute Gasteiger partial charge is 0.342 e. The number of nitrogens with zero attached hydrogens (tertiary/aromatic N) is 3. The summed E-state index contributed by atoms with van der Waals surface area (Å²) in [6.07, 6.45) is 5.11. The zero-order valence-electron chi connectivity index (χ0n) is 19.6. The van der Waals surface area contributed by atoms with Gasteiger partial charge in [-0.1, -0.05) is 25.0 Å². The van der Waals surface area contributed by atoms with Crippen molar-refractivity contribution in [3.05, 3.63) is 70.8 Å². The molecule has 0 radical (unpaired) electrons. The molecule has 0 bridgehead atoms. The van der Waals surface area contributed by atoms with E-state index in [0.717, 1.165) is 66.6 Å². The van der Waals surface area contributed by atoms with E-state index in [1.807, 2.05) is 45.2 Å². The van der Waals surface area contributed by atoms with Crippen LogP contribution >= 0.6 is 0 Å². The number of amides is 1. The second-order valence-electron chi connectivity index (χ2n) is 9.00. The molecule has 2 unspecified atom stereocenters. The van der Waals surface area contributed by atoms with E-state index in [1.165, 1.54) is 6.07 Å². The van der Waals surface area contributed by atoms with Crippen molar-refractivity contribution in [1.82, 2.24) is 25.7 Å². The van der Waals surface area contributed by atoms with Crippen LogP contribution in [0.15, 0.2) is 42.5 Å². The predicted molar refractivity (Wildman–Crippen MR) is 128 cm³/mol. The van der Waals surface area contributed by atoms with Gasteiger partial charge in [0.1, 0.15) is 5.82 Å². The van der Waals surface area contributed by atoms with E-state index in [2.05, 4.69) is 20.8 Å². The maximum absolute atomic E-state index is 13.5. The fourth-order valence-electron chi connectivity index (χ4n) is 4.36. The number of hydrazine groups is 1. The molecule has 2 atom stereocenters. The van der Waals surface area contributed by atoms with Crippen LogP contribution in [-0.4, -0.2) is 40.4 Å². The molecule has 3 aromatic rings. The fourth-order valence-corrected chi connectivity index (χ4v) is 4.36. The number of aromatic nitrogens is 2. The number of carbonyl (C=O) groups excluding carboxylic acids is 1. The highest BCUT2D eigenvalue weighted by Gasteiger charge is 2.24. The van der Waals surface area contributed by atoms with Gasteiger partial charge in [-0.2, -0.15) is 0 Å². The van der Waals surface area contributed by atoms with Gasteiger partial charge < -0.3 is 4.90 Å². The van der Waals surface area contributed by atoms with Gasteiger partial charge in [0, 0.05) is 31.2 Å². The number of unbranched alkanes of at least 4 members (excludes halogenated alkanes) is 2. The van der Waals surface area contributed by atoms with Crippen LogP contribution in [0.5, 0.6) is 0 Å². The maximum Gasteiger partial charge on any atom is 0.253 e. The average molecular weight is 450 g/mol.